The van der Waals surface area contributed by atoms with Crippen LogP contribution in [-0.4, -0.2) is 30.6 Å². The molecule has 1 fully saturated rings. The summed E-state index contributed by atoms with van der Waals surface area (Å²) in [6.45, 7) is 4.50. The third kappa shape index (κ3) is 6.03. The molecule has 25 heavy (non-hydrogen) atoms. The molecular weight excluding hydrogens is 354 g/mol. The van der Waals surface area contributed by atoms with Crippen LogP contribution in [0.5, 0.6) is 0 Å². The zero-order valence-corrected chi connectivity index (χ0v) is 15.8. The Morgan fingerprint density at radius 1 is 1.20 bits per heavy atom. The Labute approximate surface area is 158 Å². The molecule has 0 aliphatic carbocycles. The summed E-state index contributed by atoms with van der Waals surface area (Å²) in [5.41, 5.74) is 1.00. The number of halogens is 1. The van der Waals surface area contributed by atoms with Gasteiger partial charge in [0, 0.05) is 29.5 Å². The van der Waals surface area contributed by atoms with E-state index in [4.69, 9.17) is 11.6 Å². The van der Waals surface area contributed by atoms with Crippen LogP contribution in [0.1, 0.15) is 23.3 Å². The van der Waals surface area contributed by atoms with Crippen LogP contribution < -0.4 is 10.6 Å². The first-order valence-electron chi connectivity index (χ1n) is 8.70. The van der Waals surface area contributed by atoms with E-state index in [0.29, 0.717) is 17.5 Å². The van der Waals surface area contributed by atoms with Crippen molar-refractivity contribution in [3.8, 4) is 0 Å². The van der Waals surface area contributed by atoms with Crippen LogP contribution in [0.25, 0.3) is 0 Å². The van der Waals surface area contributed by atoms with Gasteiger partial charge in [0.25, 0.3) is 0 Å². The van der Waals surface area contributed by atoms with Gasteiger partial charge in [-0.1, -0.05) is 29.8 Å². The van der Waals surface area contributed by atoms with E-state index in [9.17, 15) is 4.79 Å². The smallest absolute Gasteiger partial charge is 0.315 e. The van der Waals surface area contributed by atoms with Gasteiger partial charge in [-0.3, -0.25) is 4.90 Å². The van der Waals surface area contributed by atoms with Crippen LogP contribution in [0.15, 0.2) is 41.8 Å². The predicted molar refractivity (Wildman–Crippen MR) is 104 cm³/mol. The van der Waals surface area contributed by atoms with Crippen molar-refractivity contribution in [1.82, 2.24) is 15.5 Å². The number of nitrogens with one attached hydrogen (secondary N) is 2. The van der Waals surface area contributed by atoms with Gasteiger partial charge < -0.3 is 10.6 Å². The summed E-state index contributed by atoms with van der Waals surface area (Å²) >= 11 is 7.77. The molecule has 4 nitrogen and oxygen atoms in total. The molecule has 2 heterocycles. The van der Waals surface area contributed by atoms with Gasteiger partial charge in [-0.15, -0.1) is 11.3 Å². The maximum absolute atomic E-state index is 12.0. The number of amides is 2. The summed E-state index contributed by atoms with van der Waals surface area (Å²) in [5.74, 6) is 0.566. The van der Waals surface area contributed by atoms with E-state index in [0.717, 1.165) is 44.6 Å². The highest BCUT2D eigenvalue weighted by atomic mass is 35.5. The number of carbonyl (C=O) groups is 1. The molecule has 6 heteroatoms. The van der Waals surface area contributed by atoms with Crippen LogP contribution in [0.3, 0.4) is 0 Å². The maximum atomic E-state index is 12.0. The number of nitrogens with zero attached hydrogens (tertiary/aromatic N) is 1. The minimum Gasteiger partial charge on any atom is -0.338 e. The van der Waals surface area contributed by atoms with Crippen molar-refractivity contribution in [3.63, 3.8) is 0 Å². The van der Waals surface area contributed by atoms with Crippen molar-refractivity contribution in [2.24, 2.45) is 5.92 Å². The molecule has 1 aromatic carbocycles. The van der Waals surface area contributed by atoms with E-state index in [2.05, 4.69) is 33.0 Å². The Bertz CT molecular complexity index is 669. The van der Waals surface area contributed by atoms with Gasteiger partial charge in [-0.2, -0.15) is 0 Å². The normalized spacial score (nSPS) is 15.9. The number of likely N-dealkylation sites (tertiary alicyclic amines) is 1. The van der Waals surface area contributed by atoms with Gasteiger partial charge in [0.15, 0.2) is 0 Å². The second kappa shape index (κ2) is 9.22. The summed E-state index contributed by atoms with van der Waals surface area (Å²) in [4.78, 5) is 15.9. The van der Waals surface area contributed by atoms with E-state index in [1.807, 2.05) is 35.6 Å². The average Bonchev–Trinajstić information content (AvgIpc) is 3.12. The fourth-order valence-corrected chi connectivity index (χ4v) is 4.06. The van der Waals surface area contributed by atoms with Gasteiger partial charge in [-0.25, -0.2) is 4.79 Å². The summed E-state index contributed by atoms with van der Waals surface area (Å²) in [5, 5.41) is 8.71. The van der Waals surface area contributed by atoms with Crippen molar-refractivity contribution < 1.29 is 4.79 Å². The standard InChI is InChI=1S/C19H24ClN3OS/c20-17-4-1-3-16(11-17)13-22-19(24)21-12-15-6-8-23(9-7-15)14-18-5-2-10-25-18/h1-5,10-11,15H,6-9,12-14H2,(H2,21,22,24). The molecule has 2 aromatic rings. The number of urea groups is 1. The quantitative estimate of drug-likeness (QED) is 0.795. The summed E-state index contributed by atoms with van der Waals surface area (Å²) in [7, 11) is 0. The SMILES string of the molecule is O=C(NCc1cccc(Cl)c1)NCC1CCN(Cc2cccs2)CC1. The average molecular weight is 378 g/mol. The highest BCUT2D eigenvalue weighted by molar-refractivity contribution is 7.09. The molecule has 3 rings (SSSR count). The second-order valence-electron chi connectivity index (χ2n) is 6.49. The van der Waals surface area contributed by atoms with Crippen molar-refractivity contribution in [2.45, 2.75) is 25.9 Å². The molecule has 0 bridgehead atoms. The number of rotatable bonds is 6. The van der Waals surface area contributed by atoms with Crippen LogP contribution in [0.2, 0.25) is 5.02 Å². The van der Waals surface area contributed by atoms with Crippen molar-refractivity contribution >= 4 is 29.0 Å². The Balaban J connectivity index is 1.32. The first-order valence-corrected chi connectivity index (χ1v) is 9.95. The fraction of sp³-hybridized carbons (Fsp3) is 0.421. The van der Waals surface area contributed by atoms with Crippen molar-refractivity contribution in [2.75, 3.05) is 19.6 Å². The van der Waals surface area contributed by atoms with E-state index in [-0.39, 0.29) is 6.03 Å². The molecule has 134 valence electrons. The van der Waals surface area contributed by atoms with E-state index >= 15 is 0 Å². The summed E-state index contributed by atoms with van der Waals surface area (Å²) < 4.78 is 0. The number of piperidine rings is 1. The second-order valence-corrected chi connectivity index (χ2v) is 7.96. The van der Waals surface area contributed by atoms with Gasteiger partial charge in [-0.05, 0) is 61.0 Å². The Morgan fingerprint density at radius 3 is 2.76 bits per heavy atom. The number of benzene rings is 1. The van der Waals surface area contributed by atoms with Gasteiger partial charge in [0.05, 0.1) is 0 Å². The third-order valence-corrected chi connectivity index (χ3v) is 5.66. The largest absolute Gasteiger partial charge is 0.338 e. The van der Waals surface area contributed by atoms with E-state index < -0.39 is 0 Å². The molecule has 1 aromatic heterocycles. The Kier molecular flexibility index (Phi) is 6.73. The molecule has 0 spiro atoms. The van der Waals surface area contributed by atoms with Crippen molar-refractivity contribution in [3.05, 3.63) is 57.2 Å². The highest BCUT2D eigenvalue weighted by Crippen LogP contribution is 2.20. The molecule has 2 N–H and O–H groups in total. The molecular formula is C19H24ClN3OS. The predicted octanol–water partition coefficient (Wildman–Crippen LogP) is 4.11. The van der Waals surface area contributed by atoms with Crippen LogP contribution in [-0.2, 0) is 13.1 Å². The monoisotopic (exact) mass is 377 g/mol. The fourth-order valence-electron chi connectivity index (χ4n) is 3.10. The lowest BCUT2D eigenvalue weighted by Crippen LogP contribution is -2.41. The molecule has 0 unspecified atom stereocenters. The molecule has 0 radical (unpaired) electrons. The number of carbonyl (C=O) groups excluding carboxylic acids is 1. The third-order valence-electron chi connectivity index (χ3n) is 4.56. The number of thiophene rings is 1. The zero-order chi connectivity index (χ0) is 17.5. The lowest BCUT2D eigenvalue weighted by Gasteiger charge is -2.31. The molecule has 0 atom stereocenters. The number of hydrogen-bond acceptors (Lipinski definition) is 3. The lowest BCUT2D eigenvalue weighted by molar-refractivity contribution is 0.176. The first-order chi connectivity index (χ1) is 12.2. The molecule has 1 saturated heterocycles. The highest BCUT2D eigenvalue weighted by Gasteiger charge is 2.19. The molecule has 0 saturated carbocycles. The van der Waals surface area contributed by atoms with E-state index in [1.165, 1.54) is 4.88 Å². The molecule has 1 aliphatic rings. The molecule has 2 amide bonds. The summed E-state index contributed by atoms with van der Waals surface area (Å²) in [6.07, 6.45) is 2.28. The maximum Gasteiger partial charge on any atom is 0.315 e. The Morgan fingerprint density at radius 2 is 2.04 bits per heavy atom. The zero-order valence-electron chi connectivity index (χ0n) is 14.2. The Hall–Kier alpha value is -1.56. The van der Waals surface area contributed by atoms with Gasteiger partial charge in [0.2, 0.25) is 0 Å². The summed E-state index contributed by atoms with van der Waals surface area (Å²) in [6, 6.07) is 11.7. The van der Waals surface area contributed by atoms with Crippen LogP contribution in [0, 0.1) is 5.92 Å². The van der Waals surface area contributed by atoms with Gasteiger partial charge >= 0.3 is 6.03 Å². The topological polar surface area (TPSA) is 44.4 Å². The number of hydrogen-bond donors (Lipinski definition) is 2. The minimum absolute atomic E-state index is 0.110. The van der Waals surface area contributed by atoms with Crippen molar-refractivity contribution in [1.29, 1.82) is 0 Å². The minimum atomic E-state index is -0.110. The first kappa shape index (κ1) is 18.2. The van der Waals surface area contributed by atoms with Crippen LogP contribution >= 0.6 is 22.9 Å². The lowest BCUT2D eigenvalue weighted by atomic mass is 9.97. The van der Waals surface area contributed by atoms with Crippen LogP contribution in [0.4, 0.5) is 4.79 Å². The van der Waals surface area contributed by atoms with E-state index in [1.54, 1.807) is 0 Å². The van der Waals surface area contributed by atoms with Gasteiger partial charge in [0.1, 0.15) is 0 Å². The molecule has 1 aliphatic heterocycles.